The number of rotatable bonds is 3. The standard InChI is InChI=1S/C17H21BrN4/c1-11-15(19)17(21-14-9-5-8-13(18)10-14)22-16(20-11)12-6-3-2-4-7-12/h5,8-10,12H,2-4,6-7,19H2,1H3,(H,20,21,22). The smallest absolute Gasteiger partial charge is 0.157 e. The van der Waals surface area contributed by atoms with E-state index in [1.807, 2.05) is 31.2 Å². The first kappa shape index (κ1) is 15.3. The monoisotopic (exact) mass is 360 g/mol. The fourth-order valence-corrected chi connectivity index (χ4v) is 3.34. The van der Waals surface area contributed by atoms with Crippen LogP contribution in [0.1, 0.15) is 49.5 Å². The van der Waals surface area contributed by atoms with E-state index in [2.05, 4.69) is 26.2 Å². The average molecular weight is 361 g/mol. The van der Waals surface area contributed by atoms with E-state index in [4.69, 9.17) is 10.7 Å². The number of nitrogens with one attached hydrogen (secondary N) is 1. The van der Waals surface area contributed by atoms with Crippen LogP contribution in [0.3, 0.4) is 0 Å². The number of halogens is 1. The molecule has 5 heteroatoms. The molecule has 3 N–H and O–H groups in total. The Kier molecular flexibility index (Phi) is 4.62. The summed E-state index contributed by atoms with van der Waals surface area (Å²) in [6.07, 6.45) is 6.23. The maximum atomic E-state index is 6.17. The quantitative estimate of drug-likeness (QED) is 0.814. The number of benzene rings is 1. The second-order valence-corrected chi connectivity index (χ2v) is 6.82. The molecule has 1 heterocycles. The Bertz CT molecular complexity index is 666. The van der Waals surface area contributed by atoms with Crippen molar-refractivity contribution in [1.82, 2.24) is 9.97 Å². The van der Waals surface area contributed by atoms with Crippen LogP contribution in [0.5, 0.6) is 0 Å². The highest BCUT2D eigenvalue weighted by Crippen LogP contribution is 2.33. The van der Waals surface area contributed by atoms with Gasteiger partial charge in [0.25, 0.3) is 0 Å². The predicted octanol–water partition coefficient (Wildman–Crippen LogP) is 4.92. The van der Waals surface area contributed by atoms with E-state index in [-0.39, 0.29) is 0 Å². The van der Waals surface area contributed by atoms with Crippen LogP contribution >= 0.6 is 15.9 Å². The number of hydrogen-bond acceptors (Lipinski definition) is 4. The number of nitrogens with zero attached hydrogens (tertiary/aromatic N) is 2. The Morgan fingerprint density at radius 1 is 1.18 bits per heavy atom. The molecule has 116 valence electrons. The zero-order valence-corrected chi connectivity index (χ0v) is 14.4. The molecule has 4 nitrogen and oxygen atoms in total. The molecule has 22 heavy (non-hydrogen) atoms. The van der Waals surface area contributed by atoms with E-state index in [0.717, 1.165) is 21.7 Å². The Labute approximate surface area is 139 Å². The topological polar surface area (TPSA) is 63.8 Å². The Morgan fingerprint density at radius 2 is 1.95 bits per heavy atom. The van der Waals surface area contributed by atoms with Crippen LogP contribution in [-0.2, 0) is 0 Å². The van der Waals surface area contributed by atoms with Gasteiger partial charge in [0, 0.05) is 16.1 Å². The Morgan fingerprint density at radius 3 is 2.68 bits per heavy atom. The lowest BCUT2D eigenvalue weighted by atomic mass is 9.88. The van der Waals surface area contributed by atoms with Crippen LogP contribution in [0.2, 0.25) is 0 Å². The second kappa shape index (κ2) is 6.65. The van der Waals surface area contributed by atoms with Crippen LogP contribution in [0.25, 0.3) is 0 Å². The number of nitrogens with two attached hydrogens (primary N) is 1. The molecule has 1 aromatic carbocycles. The minimum Gasteiger partial charge on any atom is -0.394 e. The molecule has 0 aliphatic heterocycles. The van der Waals surface area contributed by atoms with Gasteiger partial charge in [0.2, 0.25) is 0 Å². The number of nitrogen functional groups attached to an aromatic ring is 1. The van der Waals surface area contributed by atoms with Crippen molar-refractivity contribution < 1.29 is 0 Å². The molecule has 0 unspecified atom stereocenters. The van der Waals surface area contributed by atoms with Crippen molar-refractivity contribution in [3.8, 4) is 0 Å². The lowest BCUT2D eigenvalue weighted by Gasteiger charge is -2.22. The van der Waals surface area contributed by atoms with E-state index in [9.17, 15) is 0 Å². The zero-order chi connectivity index (χ0) is 15.5. The molecule has 1 saturated carbocycles. The van der Waals surface area contributed by atoms with E-state index >= 15 is 0 Å². The first-order valence-corrected chi connectivity index (χ1v) is 8.59. The van der Waals surface area contributed by atoms with Crippen LogP contribution in [0, 0.1) is 6.92 Å². The molecule has 2 aromatic rings. The first-order valence-electron chi connectivity index (χ1n) is 7.80. The summed E-state index contributed by atoms with van der Waals surface area (Å²) in [7, 11) is 0. The van der Waals surface area contributed by atoms with Crippen LogP contribution in [0.15, 0.2) is 28.7 Å². The van der Waals surface area contributed by atoms with Crippen molar-refractivity contribution in [1.29, 1.82) is 0 Å². The zero-order valence-electron chi connectivity index (χ0n) is 12.8. The van der Waals surface area contributed by atoms with Gasteiger partial charge in [0.05, 0.1) is 11.4 Å². The van der Waals surface area contributed by atoms with Crippen molar-refractivity contribution >= 4 is 33.1 Å². The summed E-state index contributed by atoms with van der Waals surface area (Å²) >= 11 is 3.48. The van der Waals surface area contributed by atoms with Crippen LogP contribution in [-0.4, -0.2) is 9.97 Å². The molecule has 1 fully saturated rings. The summed E-state index contributed by atoms with van der Waals surface area (Å²) < 4.78 is 1.02. The number of anilines is 3. The SMILES string of the molecule is Cc1nc(C2CCCCC2)nc(Nc2cccc(Br)c2)c1N. The van der Waals surface area contributed by atoms with Crippen molar-refractivity contribution in [2.24, 2.45) is 0 Å². The van der Waals surface area contributed by atoms with Crippen LogP contribution < -0.4 is 11.1 Å². The molecule has 0 amide bonds. The highest BCUT2D eigenvalue weighted by Gasteiger charge is 2.20. The number of hydrogen-bond donors (Lipinski definition) is 2. The number of aromatic nitrogens is 2. The summed E-state index contributed by atoms with van der Waals surface area (Å²) in [6.45, 7) is 1.95. The molecule has 0 spiro atoms. The molecular weight excluding hydrogens is 340 g/mol. The third-order valence-electron chi connectivity index (χ3n) is 4.21. The van der Waals surface area contributed by atoms with Gasteiger partial charge in [-0.3, -0.25) is 0 Å². The minimum absolute atomic E-state index is 0.469. The molecule has 1 aliphatic rings. The molecule has 0 radical (unpaired) electrons. The lowest BCUT2D eigenvalue weighted by Crippen LogP contribution is -2.13. The maximum absolute atomic E-state index is 6.17. The fourth-order valence-electron chi connectivity index (χ4n) is 2.94. The van der Waals surface area contributed by atoms with Crippen molar-refractivity contribution in [3.05, 3.63) is 40.3 Å². The van der Waals surface area contributed by atoms with Gasteiger partial charge < -0.3 is 11.1 Å². The molecule has 0 saturated heterocycles. The van der Waals surface area contributed by atoms with Crippen LogP contribution in [0.4, 0.5) is 17.2 Å². The van der Waals surface area contributed by atoms with Gasteiger partial charge in [-0.2, -0.15) is 0 Å². The molecule has 1 aromatic heterocycles. The molecule has 1 aliphatic carbocycles. The molecule has 0 bridgehead atoms. The largest absolute Gasteiger partial charge is 0.394 e. The van der Waals surface area contributed by atoms with Gasteiger partial charge in [0.15, 0.2) is 5.82 Å². The first-order chi connectivity index (χ1) is 10.6. The van der Waals surface area contributed by atoms with Crippen molar-refractivity contribution in [3.63, 3.8) is 0 Å². The van der Waals surface area contributed by atoms with Crippen molar-refractivity contribution in [2.45, 2.75) is 44.9 Å². The Balaban J connectivity index is 1.90. The minimum atomic E-state index is 0.469. The average Bonchev–Trinajstić information content (AvgIpc) is 2.52. The summed E-state index contributed by atoms with van der Waals surface area (Å²) in [5, 5.41) is 3.33. The molecule has 0 atom stereocenters. The van der Waals surface area contributed by atoms with Gasteiger partial charge in [-0.15, -0.1) is 0 Å². The summed E-state index contributed by atoms with van der Waals surface area (Å²) in [4.78, 5) is 9.35. The van der Waals surface area contributed by atoms with E-state index in [1.165, 1.54) is 32.1 Å². The maximum Gasteiger partial charge on any atom is 0.157 e. The molecule has 3 rings (SSSR count). The fraction of sp³-hybridized carbons (Fsp3) is 0.412. The van der Waals surface area contributed by atoms with E-state index < -0.39 is 0 Å². The van der Waals surface area contributed by atoms with Gasteiger partial charge in [-0.05, 0) is 38.0 Å². The third kappa shape index (κ3) is 3.40. The normalized spacial score (nSPS) is 15.7. The molecular formula is C17H21BrN4. The number of aryl methyl sites for hydroxylation is 1. The highest BCUT2D eigenvalue weighted by atomic mass is 79.9. The summed E-state index contributed by atoms with van der Waals surface area (Å²) in [6, 6.07) is 7.99. The summed E-state index contributed by atoms with van der Waals surface area (Å²) in [5.41, 5.74) is 8.61. The van der Waals surface area contributed by atoms with E-state index in [1.54, 1.807) is 0 Å². The second-order valence-electron chi connectivity index (χ2n) is 5.90. The Hall–Kier alpha value is -1.62. The van der Waals surface area contributed by atoms with Gasteiger partial charge >= 0.3 is 0 Å². The van der Waals surface area contributed by atoms with Gasteiger partial charge in [-0.1, -0.05) is 41.3 Å². The van der Waals surface area contributed by atoms with Gasteiger partial charge in [-0.25, -0.2) is 9.97 Å². The van der Waals surface area contributed by atoms with E-state index in [0.29, 0.717) is 17.4 Å². The third-order valence-corrected chi connectivity index (χ3v) is 4.70. The highest BCUT2D eigenvalue weighted by molar-refractivity contribution is 9.10. The predicted molar refractivity (Wildman–Crippen MR) is 94.4 cm³/mol. The lowest BCUT2D eigenvalue weighted by molar-refractivity contribution is 0.428. The van der Waals surface area contributed by atoms with Gasteiger partial charge in [0.1, 0.15) is 5.82 Å². The van der Waals surface area contributed by atoms with Crippen molar-refractivity contribution in [2.75, 3.05) is 11.1 Å². The summed E-state index contributed by atoms with van der Waals surface area (Å²) in [5.74, 6) is 2.12.